The van der Waals surface area contributed by atoms with E-state index in [1.807, 2.05) is 17.7 Å². The fraction of sp³-hybridized carbons (Fsp3) is 0.714. The second kappa shape index (κ2) is 6.19. The number of aliphatic hydroxyl groups excluding tert-OH is 1. The Kier molecular flexibility index (Phi) is 4.58. The Morgan fingerprint density at radius 2 is 2.26 bits per heavy atom. The zero-order chi connectivity index (χ0) is 13.7. The molecule has 1 amide bonds. The summed E-state index contributed by atoms with van der Waals surface area (Å²) in [5, 5.41) is 12.5. The minimum atomic E-state index is -0.345. The van der Waals surface area contributed by atoms with Gasteiger partial charge in [-0.1, -0.05) is 12.8 Å². The summed E-state index contributed by atoms with van der Waals surface area (Å²) < 4.78 is 2.05. The number of amides is 1. The van der Waals surface area contributed by atoms with Crippen LogP contribution in [0.15, 0.2) is 12.4 Å². The van der Waals surface area contributed by atoms with Crippen LogP contribution in [-0.2, 0) is 11.3 Å². The molecule has 1 aliphatic carbocycles. The summed E-state index contributed by atoms with van der Waals surface area (Å²) in [7, 11) is 0. The third-order valence-corrected chi connectivity index (χ3v) is 3.99. The van der Waals surface area contributed by atoms with Crippen LogP contribution in [-0.4, -0.2) is 32.7 Å². The smallest absolute Gasteiger partial charge is 0.220 e. The van der Waals surface area contributed by atoms with E-state index in [4.69, 9.17) is 0 Å². The van der Waals surface area contributed by atoms with Gasteiger partial charge < -0.3 is 15.0 Å². The van der Waals surface area contributed by atoms with Gasteiger partial charge in [0, 0.05) is 25.4 Å². The average Bonchev–Trinajstić information content (AvgIpc) is 3.00. The van der Waals surface area contributed by atoms with Crippen molar-refractivity contribution < 1.29 is 9.90 Å². The Hall–Kier alpha value is -1.36. The molecule has 19 heavy (non-hydrogen) atoms. The minimum absolute atomic E-state index is 0.0497. The lowest BCUT2D eigenvalue weighted by atomic mass is 9.98. The van der Waals surface area contributed by atoms with Gasteiger partial charge in [0.05, 0.1) is 12.1 Å². The van der Waals surface area contributed by atoms with Crippen molar-refractivity contribution >= 4 is 5.91 Å². The van der Waals surface area contributed by atoms with Gasteiger partial charge in [-0.2, -0.15) is 0 Å². The maximum absolute atomic E-state index is 11.9. The van der Waals surface area contributed by atoms with Crippen LogP contribution in [0.3, 0.4) is 0 Å². The number of hydrogen-bond donors (Lipinski definition) is 2. The molecule has 0 saturated heterocycles. The Morgan fingerprint density at radius 3 is 2.84 bits per heavy atom. The first-order valence-corrected chi connectivity index (χ1v) is 7.05. The predicted molar refractivity (Wildman–Crippen MR) is 72.6 cm³/mol. The van der Waals surface area contributed by atoms with Crippen molar-refractivity contribution in [3.63, 3.8) is 0 Å². The predicted octanol–water partition coefficient (Wildman–Crippen LogP) is 1.39. The second-order valence-corrected chi connectivity index (χ2v) is 5.47. The van der Waals surface area contributed by atoms with Gasteiger partial charge in [-0.3, -0.25) is 4.79 Å². The van der Waals surface area contributed by atoms with E-state index in [-0.39, 0.29) is 18.1 Å². The van der Waals surface area contributed by atoms with Gasteiger partial charge in [0.25, 0.3) is 0 Å². The number of rotatable bonds is 6. The van der Waals surface area contributed by atoms with E-state index in [0.29, 0.717) is 6.42 Å². The highest BCUT2D eigenvalue weighted by atomic mass is 16.3. The van der Waals surface area contributed by atoms with E-state index < -0.39 is 0 Å². The second-order valence-electron chi connectivity index (χ2n) is 5.47. The third kappa shape index (κ3) is 3.56. The summed E-state index contributed by atoms with van der Waals surface area (Å²) in [6.07, 6.45) is 8.98. The molecule has 1 saturated carbocycles. The number of nitrogens with zero attached hydrogens (tertiary/aromatic N) is 2. The Labute approximate surface area is 114 Å². The summed E-state index contributed by atoms with van der Waals surface area (Å²) in [5.74, 6) is 1.02. The minimum Gasteiger partial charge on any atom is -0.394 e. The molecule has 0 atom stereocenters. The summed E-state index contributed by atoms with van der Waals surface area (Å²) in [5.41, 5.74) is -0.345. The maximum atomic E-state index is 11.9. The van der Waals surface area contributed by atoms with E-state index >= 15 is 0 Å². The molecule has 0 unspecified atom stereocenters. The van der Waals surface area contributed by atoms with Crippen LogP contribution in [0.1, 0.15) is 44.3 Å². The fourth-order valence-corrected chi connectivity index (χ4v) is 2.78. The SMILES string of the molecule is Cc1nccn1CCCC(=O)NC1(CO)CCCC1. The van der Waals surface area contributed by atoms with Crippen LogP contribution >= 0.6 is 0 Å². The molecular formula is C14H23N3O2. The molecule has 0 aromatic carbocycles. The molecule has 5 nitrogen and oxygen atoms in total. The molecule has 1 fully saturated rings. The van der Waals surface area contributed by atoms with Crippen LogP contribution in [0.4, 0.5) is 0 Å². The van der Waals surface area contributed by atoms with E-state index in [2.05, 4.69) is 10.3 Å². The number of carbonyl (C=O) groups excluding carboxylic acids is 1. The summed E-state index contributed by atoms with van der Waals surface area (Å²) >= 11 is 0. The molecule has 1 aromatic rings. The van der Waals surface area contributed by atoms with Crippen molar-refractivity contribution in [2.45, 2.75) is 57.5 Å². The molecule has 106 valence electrons. The molecule has 5 heteroatoms. The normalized spacial score (nSPS) is 17.6. The van der Waals surface area contributed by atoms with Crippen molar-refractivity contribution in [2.75, 3.05) is 6.61 Å². The van der Waals surface area contributed by atoms with E-state index in [9.17, 15) is 9.90 Å². The molecule has 0 spiro atoms. The lowest BCUT2D eigenvalue weighted by Gasteiger charge is -2.28. The van der Waals surface area contributed by atoms with Gasteiger partial charge in [0.2, 0.25) is 5.91 Å². The van der Waals surface area contributed by atoms with Crippen LogP contribution < -0.4 is 5.32 Å². The first kappa shape index (κ1) is 14.1. The Balaban J connectivity index is 1.74. The van der Waals surface area contributed by atoms with Crippen LogP contribution in [0, 0.1) is 6.92 Å². The zero-order valence-corrected chi connectivity index (χ0v) is 11.6. The molecule has 1 heterocycles. The number of aliphatic hydroxyl groups is 1. The fourth-order valence-electron chi connectivity index (χ4n) is 2.78. The highest BCUT2D eigenvalue weighted by Crippen LogP contribution is 2.29. The largest absolute Gasteiger partial charge is 0.394 e. The Bertz CT molecular complexity index is 422. The number of carbonyl (C=O) groups is 1. The average molecular weight is 265 g/mol. The summed E-state index contributed by atoms with van der Waals surface area (Å²) in [4.78, 5) is 16.1. The van der Waals surface area contributed by atoms with Gasteiger partial charge in [-0.15, -0.1) is 0 Å². The molecular weight excluding hydrogens is 242 g/mol. The van der Waals surface area contributed by atoms with Crippen molar-refractivity contribution in [3.8, 4) is 0 Å². The highest BCUT2D eigenvalue weighted by Gasteiger charge is 2.34. The molecule has 1 aliphatic rings. The standard InChI is InChI=1S/C14H23N3O2/c1-12-15-8-10-17(12)9-4-5-13(19)16-14(11-18)6-2-3-7-14/h8,10,18H,2-7,9,11H2,1H3,(H,16,19). The quantitative estimate of drug-likeness (QED) is 0.817. The van der Waals surface area contributed by atoms with Crippen molar-refractivity contribution in [1.29, 1.82) is 0 Å². The third-order valence-electron chi connectivity index (χ3n) is 3.99. The van der Waals surface area contributed by atoms with E-state index in [1.54, 1.807) is 6.20 Å². The van der Waals surface area contributed by atoms with Gasteiger partial charge >= 0.3 is 0 Å². The molecule has 2 rings (SSSR count). The topological polar surface area (TPSA) is 67.2 Å². The summed E-state index contributed by atoms with van der Waals surface area (Å²) in [6, 6.07) is 0. The lowest BCUT2D eigenvalue weighted by molar-refractivity contribution is -0.123. The number of aryl methyl sites for hydroxylation is 2. The maximum Gasteiger partial charge on any atom is 0.220 e. The molecule has 0 aliphatic heterocycles. The summed E-state index contributed by atoms with van der Waals surface area (Å²) in [6.45, 7) is 2.82. The van der Waals surface area contributed by atoms with Crippen LogP contribution in [0.25, 0.3) is 0 Å². The van der Waals surface area contributed by atoms with Crippen molar-refractivity contribution in [3.05, 3.63) is 18.2 Å². The van der Waals surface area contributed by atoms with Gasteiger partial charge in [-0.05, 0) is 26.2 Å². The van der Waals surface area contributed by atoms with Gasteiger partial charge in [0.15, 0.2) is 0 Å². The monoisotopic (exact) mass is 265 g/mol. The van der Waals surface area contributed by atoms with Gasteiger partial charge in [-0.25, -0.2) is 4.98 Å². The van der Waals surface area contributed by atoms with Gasteiger partial charge in [0.1, 0.15) is 5.82 Å². The number of hydrogen-bond acceptors (Lipinski definition) is 3. The van der Waals surface area contributed by atoms with E-state index in [0.717, 1.165) is 44.5 Å². The highest BCUT2D eigenvalue weighted by molar-refractivity contribution is 5.76. The van der Waals surface area contributed by atoms with E-state index in [1.165, 1.54) is 0 Å². The first-order chi connectivity index (χ1) is 9.15. The lowest BCUT2D eigenvalue weighted by Crippen LogP contribution is -2.49. The number of nitrogens with one attached hydrogen (secondary N) is 1. The number of aromatic nitrogens is 2. The molecule has 0 radical (unpaired) electrons. The molecule has 2 N–H and O–H groups in total. The zero-order valence-electron chi connectivity index (χ0n) is 11.6. The first-order valence-electron chi connectivity index (χ1n) is 7.05. The van der Waals surface area contributed by atoms with Crippen molar-refractivity contribution in [2.24, 2.45) is 0 Å². The van der Waals surface area contributed by atoms with Crippen LogP contribution in [0.5, 0.6) is 0 Å². The Morgan fingerprint density at radius 1 is 1.53 bits per heavy atom. The molecule has 1 aromatic heterocycles. The molecule has 0 bridgehead atoms. The van der Waals surface area contributed by atoms with Crippen molar-refractivity contribution in [1.82, 2.24) is 14.9 Å². The number of imidazole rings is 1. The van der Waals surface area contributed by atoms with Crippen LogP contribution in [0.2, 0.25) is 0 Å².